The highest BCUT2D eigenvalue weighted by molar-refractivity contribution is 5.80. The van der Waals surface area contributed by atoms with E-state index in [-0.39, 0.29) is 0 Å². The first-order valence-corrected chi connectivity index (χ1v) is 8.74. The van der Waals surface area contributed by atoms with Crippen LogP contribution in [0.15, 0.2) is 11.3 Å². The quantitative estimate of drug-likeness (QED) is 0.645. The average Bonchev–Trinajstić information content (AvgIpc) is 3.29. The number of aliphatic imine (C=N–C) groups is 1. The summed E-state index contributed by atoms with van der Waals surface area (Å²) in [6, 6.07) is 0. The third-order valence-corrected chi connectivity index (χ3v) is 4.87. The molecule has 23 heavy (non-hydrogen) atoms. The first-order chi connectivity index (χ1) is 11.3. The van der Waals surface area contributed by atoms with Crippen molar-refractivity contribution >= 4 is 5.96 Å². The molecule has 7 nitrogen and oxygen atoms in total. The molecule has 1 spiro atoms. The summed E-state index contributed by atoms with van der Waals surface area (Å²) in [5.41, 5.74) is 0.361. The number of hydrogen-bond donors (Lipinski definition) is 1. The second kappa shape index (κ2) is 7.29. The van der Waals surface area contributed by atoms with Crippen molar-refractivity contribution in [1.82, 2.24) is 25.0 Å². The molecule has 1 unspecified atom stereocenters. The summed E-state index contributed by atoms with van der Waals surface area (Å²) < 4.78 is 7.71. The lowest BCUT2D eigenvalue weighted by molar-refractivity contribution is 0.156. The van der Waals surface area contributed by atoms with Gasteiger partial charge in [0.05, 0.1) is 13.2 Å². The highest BCUT2D eigenvalue weighted by atomic mass is 16.5. The monoisotopic (exact) mass is 320 g/mol. The largest absolute Gasteiger partial charge is 0.381 e. The topological polar surface area (TPSA) is 67.6 Å². The van der Waals surface area contributed by atoms with Gasteiger partial charge in [-0.2, -0.15) is 0 Å². The maximum atomic E-state index is 5.62. The van der Waals surface area contributed by atoms with Crippen molar-refractivity contribution in [2.24, 2.45) is 10.4 Å². The molecule has 7 heteroatoms. The fraction of sp³-hybridized carbons (Fsp3) is 0.812. The number of nitrogens with zero attached hydrogens (tertiary/aromatic N) is 5. The number of aryl methyl sites for hydroxylation is 1. The zero-order chi connectivity index (χ0) is 16.1. The molecular formula is C16H28N6O. The van der Waals surface area contributed by atoms with Gasteiger partial charge in [0.15, 0.2) is 5.96 Å². The number of ether oxygens (including phenoxy) is 1. The minimum absolute atomic E-state index is 0.361. The maximum Gasteiger partial charge on any atom is 0.193 e. The van der Waals surface area contributed by atoms with E-state index in [1.165, 1.54) is 12.8 Å². The molecule has 0 saturated carbocycles. The molecule has 0 radical (unpaired) electrons. The van der Waals surface area contributed by atoms with Gasteiger partial charge in [0, 0.05) is 44.6 Å². The Balaban J connectivity index is 1.60. The number of nitrogens with one attached hydrogen (secondary N) is 1. The van der Waals surface area contributed by atoms with Crippen molar-refractivity contribution in [3.8, 4) is 0 Å². The van der Waals surface area contributed by atoms with E-state index in [4.69, 9.17) is 9.73 Å². The van der Waals surface area contributed by atoms with Crippen LogP contribution in [-0.2, 0) is 17.7 Å². The predicted molar refractivity (Wildman–Crippen MR) is 89.4 cm³/mol. The van der Waals surface area contributed by atoms with Crippen LogP contribution in [0, 0.1) is 5.41 Å². The lowest BCUT2D eigenvalue weighted by Gasteiger charge is -2.25. The average molecular weight is 320 g/mol. The molecule has 0 bridgehead atoms. The first-order valence-electron chi connectivity index (χ1n) is 8.74. The predicted octanol–water partition coefficient (Wildman–Crippen LogP) is 0.918. The standard InChI is InChI=1S/C16H28N6O/c1-3-14-20-19-13-22(14)9-7-18-15(17-4-2)21-8-5-16(11-21)6-10-23-12-16/h13H,3-12H2,1-2H3,(H,17,18). The van der Waals surface area contributed by atoms with Gasteiger partial charge in [-0.25, -0.2) is 0 Å². The molecule has 1 aromatic heterocycles. The number of likely N-dealkylation sites (tertiary alicyclic amines) is 1. The van der Waals surface area contributed by atoms with Crippen molar-refractivity contribution in [1.29, 1.82) is 0 Å². The molecule has 0 aliphatic carbocycles. The number of rotatable bonds is 5. The third kappa shape index (κ3) is 3.65. The maximum absolute atomic E-state index is 5.62. The van der Waals surface area contributed by atoms with Crippen molar-refractivity contribution in [3.05, 3.63) is 12.2 Å². The van der Waals surface area contributed by atoms with Crippen molar-refractivity contribution in [2.75, 3.05) is 39.4 Å². The minimum atomic E-state index is 0.361. The smallest absolute Gasteiger partial charge is 0.193 e. The summed E-state index contributed by atoms with van der Waals surface area (Å²) in [6.45, 7) is 10.6. The van der Waals surface area contributed by atoms with Crippen LogP contribution in [0.4, 0.5) is 0 Å². The molecule has 1 N–H and O–H groups in total. The van der Waals surface area contributed by atoms with E-state index in [2.05, 4.69) is 38.8 Å². The molecule has 2 aliphatic heterocycles. The summed E-state index contributed by atoms with van der Waals surface area (Å²) in [5.74, 6) is 2.05. The second-order valence-corrected chi connectivity index (χ2v) is 6.50. The van der Waals surface area contributed by atoms with Gasteiger partial charge in [-0.3, -0.25) is 4.99 Å². The molecule has 2 aliphatic rings. The normalized spacial score (nSPS) is 24.8. The molecule has 0 amide bonds. The molecule has 2 saturated heterocycles. The van der Waals surface area contributed by atoms with E-state index in [0.717, 1.165) is 64.1 Å². The van der Waals surface area contributed by atoms with Crippen LogP contribution in [0.5, 0.6) is 0 Å². The second-order valence-electron chi connectivity index (χ2n) is 6.50. The van der Waals surface area contributed by atoms with Crippen LogP contribution in [0.1, 0.15) is 32.5 Å². The lowest BCUT2D eigenvalue weighted by Crippen LogP contribution is -2.41. The Labute approximate surface area is 138 Å². The molecule has 1 atom stereocenters. The van der Waals surface area contributed by atoms with E-state index in [0.29, 0.717) is 5.41 Å². The van der Waals surface area contributed by atoms with Crippen LogP contribution in [0.25, 0.3) is 0 Å². The summed E-state index contributed by atoms with van der Waals surface area (Å²) in [6.07, 6.45) is 5.09. The molecule has 1 aromatic rings. The lowest BCUT2D eigenvalue weighted by atomic mass is 9.87. The SMILES string of the molecule is CCNC(=NCCn1cnnc1CC)N1CCC2(CCOC2)C1. The van der Waals surface area contributed by atoms with E-state index in [1.807, 2.05) is 0 Å². The van der Waals surface area contributed by atoms with E-state index < -0.39 is 0 Å². The Bertz CT molecular complexity index is 534. The van der Waals surface area contributed by atoms with Crippen LogP contribution in [0.2, 0.25) is 0 Å². The molecular weight excluding hydrogens is 292 g/mol. The molecule has 128 valence electrons. The number of aromatic nitrogens is 3. The molecule has 3 heterocycles. The Morgan fingerprint density at radius 2 is 2.35 bits per heavy atom. The summed E-state index contributed by atoms with van der Waals surface area (Å²) in [7, 11) is 0. The van der Waals surface area contributed by atoms with Gasteiger partial charge in [-0.15, -0.1) is 10.2 Å². The zero-order valence-corrected chi connectivity index (χ0v) is 14.3. The van der Waals surface area contributed by atoms with Gasteiger partial charge < -0.3 is 19.5 Å². The zero-order valence-electron chi connectivity index (χ0n) is 14.3. The van der Waals surface area contributed by atoms with Gasteiger partial charge in [0.1, 0.15) is 12.2 Å². The summed E-state index contributed by atoms with van der Waals surface area (Å²) in [4.78, 5) is 7.21. The minimum Gasteiger partial charge on any atom is -0.381 e. The van der Waals surface area contributed by atoms with Gasteiger partial charge >= 0.3 is 0 Å². The first kappa shape index (κ1) is 16.2. The van der Waals surface area contributed by atoms with Crippen molar-refractivity contribution in [2.45, 2.75) is 39.7 Å². The van der Waals surface area contributed by atoms with Crippen molar-refractivity contribution in [3.63, 3.8) is 0 Å². The number of guanidine groups is 1. The molecule has 3 rings (SSSR count). The summed E-state index contributed by atoms with van der Waals surface area (Å²) in [5, 5.41) is 11.5. The number of hydrogen-bond acceptors (Lipinski definition) is 4. The highest BCUT2D eigenvalue weighted by Crippen LogP contribution is 2.38. The fourth-order valence-electron chi connectivity index (χ4n) is 3.52. The van der Waals surface area contributed by atoms with Gasteiger partial charge in [-0.1, -0.05) is 6.92 Å². The van der Waals surface area contributed by atoms with E-state index in [9.17, 15) is 0 Å². The molecule has 2 fully saturated rings. The Kier molecular flexibility index (Phi) is 5.15. The van der Waals surface area contributed by atoms with Crippen LogP contribution < -0.4 is 5.32 Å². The van der Waals surface area contributed by atoms with Gasteiger partial charge in [0.2, 0.25) is 0 Å². The third-order valence-electron chi connectivity index (χ3n) is 4.87. The van der Waals surface area contributed by atoms with E-state index >= 15 is 0 Å². The Morgan fingerprint density at radius 1 is 1.43 bits per heavy atom. The van der Waals surface area contributed by atoms with Gasteiger partial charge in [0.25, 0.3) is 0 Å². The Hall–Kier alpha value is -1.63. The van der Waals surface area contributed by atoms with Gasteiger partial charge in [-0.05, 0) is 19.8 Å². The fourth-order valence-corrected chi connectivity index (χ4v) is 3.52. The molecule has 0 aromatic carbocycles. The van der Waals surface area contributed by atoms with E-state index in [1.54, 1.807) is 6.33 Å². The van der Waals surface area contributed by atoms with Crippen LogP contribution >= 0.6 is 0 Å². The highest BCUT2D eigenvalue weighted by Gasteiger charge is 2.42. The summed E-state index contributed by atoms with van der Waals surface area (Å²) >= 11 is 0. The van der Waals surface area contributed by atoms with Crippen LogP contribution in [0.3, 0.4) is 0 Å². The Morgan fingerprint density at radius 3 is 3.09 bits per heavy atom. The van der Waals surface area contributed by atoms with Crippen molar-refractivity contribution < 1.29 is 4.74 Å². The van der Waals surface area contributed by atoms with Crippen LogP contribution in [-0.4, -0.2) is 65.0 Å².